The topological polar surface area (TPSA) is 47.9 Å². The molecule has 0 amide bonds. The predicted octanol–water partition coefficient (Wildman–Crippen LogP) is -0.500. The van der Waals surface area contributed by atoms with Crippen molar-refractivity contribution in [1.82, 2.24) is 10.9 Å². The number of nitrogens with one attached hydrogen (secondary N) is 2. The van der Waals surface area contributed by atoms with Gasteiger partial charge in [0, 0.05) is 6.20 Å². The van der Waals surface area contributed by atoms with Gasteiger partial charge in [-0.15, -0.1) is 0 Å². The van der Waals surface area contributed by atoms with Crippen LogP contribution in [-0.2, 0) is 0 Å². The molecule has 0 radical (unpaired) electrons. The van der Waals surface area contributed by atoms with Gasteiger partial charge >= 0.3 is 0 Å². The second kappa shape index (κ2) is 1.63. The van der Waals surface area contributed by atoms with E-state index in [9.17, 15) is 0 Å². The van der Waals surface area contributed by atoms with E-state index < -0.39 is 0 Å². The molecule has 2 N–H and O–H groups in total. The van der Waals surface area contributed by atoms with Crippen LogP contribution in [0.15, 0.2) is 12.3 Å². The van der Waals surface area contributed by atoms with Crippen LogP contribution >= 0.6 is 0 Å². The maximum atomic E-state index is 8.16. The molecule has 0 aromatic carbocycles. The van der Waals surface area contributed by atoms with Crippen LogP contribution in [0.3, 0.4) is 0 Å². The van der Waals surface area contributed by atoms with Crippen molar-refractivity contribution in [2.75, 3.05) is 0 Å². The third kappa shape index (κ3) is 0.699. The number of rotatable bonds is 0. The van der Waals surface area contributed by atoms with Crippen molar-refractivity contribution in [3.63, 3.8) is 0 Å². The first-order valence-electron chi connectivity index (χ1n) is 2.01. The molecule has 0 saturated carbocycles. The van der Waals surface area contributed by atoms with E-state index in [1.807, 2.05) is 6.07 Å². The Morgan fingerprint density at radius 1 is 1.71 bits per heavy atom. The molecular weight excluding hydrogens is 90.1 g/mol. The number of hydrazine groups is 1. The van der Waals surface area contributed by atoms with E-state index in [0.29, 0.717) is 0 Å². The van der Waals surface area contributed by atoms with Crippen molar-refractivity contribution in [2.24, 2.45) is 0 Å². The monoisotopic (exact) mass is 95.0 g/mol. The van der Waals surface area contributed by atoms with Crippen molar-refractivity contribution in [2.45, 2.75) is 6.04 Å². The first-order valence-corrected chi connectivity index (χ1v) is 2.01. The Hall–Kier alpha value is -1.01. The summed E-state index contributed by atoms with van der Waals surface area (Å²) in [6, 6.07) is 1.86. The number of nitriles is 1. The van der Waals surface area contributed by atoms with Crippen molar-refractivity contribution < 1.29 is 0 Å². The minimum Gasteiger partial charge on any atom is -0.327 e. The lowest BCUT2D eigenvalue weighted by atomic mass is 10.4. The lowest BCUT2D eigenvalue weighted by molar-refractivity contribution is 0.665. The smallest absolute Gasteiger partial charge is 0.132 e. The summed E-state index contributed by atoms with van der Waals surface area (Å²) >= 11 is 0. The van der Waals surface area contributed by atoms with Gasteiger partial charge in [-0.1, -0.05) is 0 Å². The molecule has 3 nitrogen and oxygen atoms in total. The summed E-state index contributed by atoms with van der Waals surface area (Å²) in [5, 5.41) is 8.16. The van der Waals surface area contributed by atoms with E-state index in [0.717, 1.165) is 0 Å². The lowest BCUT2D eigenvalue weighted by Crippen LogP contribution is -2.28. The third-order valence-corrected chi connectivity index (χ3v) is 0.750. The first kappa shape index (κ1) is 4.16. The van der Waals surface area contributed by atoms with Crippen molar-refractivity contribution in [1.29, 1.82) is 5.26 Å². The summed E-state index contributed by atoms with van der Waals surface area (Å²) in [7, 11) is 0. The molecule has 0 aromatic heterocycles. The fourth-order valence-corrected chi connectivity index (χ4v) is 0.406. The summed E-state index contributed by atoms with van der Waals surface area (Å²) < 4.78 is 0. The number of hydrogen-bond acceptors (Lipinski definition) is 3. The standard InChI is InChI=1S/C4H5N3/c5-3-4-1-2-6-7-4/h1-2,4,6-7H. The highest BCUT2D eigenvalue weighted by Crippen LogP contribution is 1.85. The zero-order chi connectivity index (χ0) is 5.11. The highest BCUT2D eigenvalue weighted by molar-refractivity contribution is 5.08. The fraction of sp³-hybridized carbons (Fsp3) is 0.250. The van der Waals surface area contributed by atoms with E-state index in [-0.39, 0.29) is 6.04 Å². The van der Waals surface area contributed by atoms with Gasteiger partial charge in [0.2, 0.25) is 0 Å². The van der Waals surface area contributed by atoms with Gasteiger partial charge in [0.1, 0.15) is 6.04 Å². The molecule has 1 unspecified atom stereocenters. The maximum Gasteiger partial charge on any atom is 0.132 e. The van der Waals surface area contributed by atoms with Crippen molar-refractivity contribution >= 4 is 0 Å². The van der Waals surface area contributed by atoms with Crippen LogP contribution < -0.4 is 10.9 Å². The average molecular weight is 95.1 g/mol. The SMILES string of the molecule is N#CC1C=CNN1. The van der Waals surface area contributed by atoms with Crippen LogP contribution in [0.1, 0.15) is 0 Å². The summed E-state index contributed by atoms with van der Waals surface area (Å²) in [5.41, 5.74) is 5.35. The predicted molar refractivity (Wildman–Crippen MR) is 24.8 cm³/mol. The Morgan fingerprint density at radius 3 is 2.86 bits per heavy atom. The zero-order valence-electron chi connectivity index (χ0n) is 3.68. The van der Waals surface area contributed by atoms with E-state index in [1.54, 1.807) is 12.3 Å². The minimum absolute atomic E-state index is 0.139. The van der Waals surface area contributed by atoms with Crippen molar-refractivity contribution in [3.8, 4) is 6.07 Å². The van der Waals surface area contributed by atoms with Gasteiger partial charge in [-0.25, -0.2) is 5.43 Å². The van der Waals surface area contributed by atoms with E-state index in [1.165, 1.54) is 0 Å². The molecule has 1 aliphatic heterocycles. The van der Waals surface area contributed by atoms with Gasteiger partial charge in [0.15, 0.2) is 0 Å². The summed E-state index contributed by atoms with van der Waals surface area (Å²) in [6.45, 7) is 0. The second-order valence-corrected chi connectivity index (χ2v) is 1.25. The van der Waals surface area contributed by atoms with Crippen molar-refractivity contribution in [3.05, 3.63) is 12.3 Å². The summed E-state index contributed by atoms with van der Waals surface area (Å²) in [6.07, 6.45) is 3.45. The Morgan fingerprint density at radius 2 is 2.57 bits per heavy atom. The third-order valence-electron chi connectivity index (χ3n) is 0.750. The van der Waals surface area contributed by atoms with Crippen LogP contribution in [0, 0.1) is 11.3 Å². The Kier molecular flexibility index (Phi) is 0.966. The van der Waals surface area contributed by atoms with E-state index in [2.05, 4.69) is 10.9 Å². The molecule has 0 spiro atoms. The molecule has 0 fully saturated rings. The highest BCUT2D eigenvalue weighted by Gasteiger charge is 2.02. The largest absolute Gasteiger partial charge is 0.327 e. The molecule has 0 saturated heterocycles. The Bertz CT molecular complexity index is 121. The Balaban J connectivity index is 2.47. The summed E-state index contributed by atoms with van der Waals surface area (Å²) in [4.78, 5) is 0. The van der Waals surface area contributed by atoms with E-state index in [4.69, 9.17) is 5.26 Å². The van der Waals surface area contributed by atoms with Gasteiger partial charge in [0.25, 0.3) is 0 Å². The molecule has 1 atom stereocenters. The maximum absolute atomic E-state index is 8.16. The molecule has 7 heavy (non-hydrogen) atoms. The number of hydrogen-bond donors (Lipinski definition) is 2. The van der Waals surface area contributed by atoms with Crippen LogP contribution in [0.4, 0.5) is 0 Å². The average Bonchev–Trinajstić information content (AvgIpc) is 2.14. The lowest BCUT2D eigenvalue weighted by Gasteiger charge is -1.93. The quantitative estimate of drug-likeness (QED) is 0.426. The van der Waals surface area contributed by atoms with Gasteiger partial charge in [-0.05, 0) is 6.08 Å². The summed E-state index contributed by atoms with van der Waals surface area (Å²) in [5.74, 6) is 0. The second-order valence-electron chi connectivity index (χ2n) is 1.25. The minimum atomic E-state index is -0.139. The molecular formula is C4H5N3. The van der Waals surface area contributed by atoms with Crippen LogP contribution in [0.25, 0.3) is 0 Å². The van der Waals surface area contributed by atoms with Crippen LogP contribution in [0.2, 0.25) is 0 Å². The molecule has 0 aliphatic carbocycles. The molecule has 0 aromatic rings. The molecule has 1 heterocycles. The zero-order valence-corrected chi connectivity index (χ0v) is 3.68. The van der Waals surface area contributed by atoms with Gasteiger partial charge in [0.05, 0.1) is 6.07 Å². The molecule has 1 rings (SSSR count). The van der Waals surface area contributed by atoms with Crippen LogP contribution in [-0.4, -0.2) is 6.04 Å². The molecule has 1 aliphatic rings. The van der Waals surface area contributed by atoms with Crippen LogP contribution in [0.5, 0.6) is 0 Å². The molecule has 36 valence electrons. The van der Waals surface area contributed by atoms with Gasteiger partial charge in [-0.2, -0.15) is 5.26 Å². The van der Waals surface area contributed by atoms with E-state index >= 15 is 0 Å². The fourth-order valence-electron chi connectivity index (χ4n) is 0.406. The normalized spacial score (nSPS) is 26.4. The first-order chi connectivity index (χ1) is 3.43. The van der Waals surface area contributed by atoms with Gasteiger partial charge in [-0.3, -0.25) is 0 Å². The Labute approximate surface area is 41.6 Å². The highest BCUT2D eigenvalue weighted by atomic mass is 15.4. The molecule has 3 heteroatoms. The molecule has 0 bridgehead atoms. The number of nitrogens with zero attached hydrogens (tertiary/aromatic N) is 1. The van der Waals surface area contributed by atoms with Gasteiger partial charge < -0.3 is 5.43 Å².